The predicted molar refractivity (Wildman–Crippen MR) is 87.3 cm³/mol. The highest BCUT2D eigenvalue weighted by Gasteiger charge is 2.28. The van der Waals surface area contributed by atoms with Crippen molar-refractivity contribution in [1.29, 1.82) is 0 Å². The van der Waals surface area contributed by atoms with E-state index in [0.29, 0.717) is 31.7 Å². The molecule has 0 unspecified atom stereocenters. The lowest BCUT2D eigenvalue weighted by Gasteiger charge is -2.34. The van der Waals surface area contributed by atoms with E-state index < -0.39 is 10.0 Å². The molecule has 2 rings (SSSR count). The van der Waals surface area contributed by atoms with Crippen molar-refractivity contribution < 1.29 is 17.9 Å². The fourth-order valence-corrected chi connectivity index (χ4v) is 3.88. The zero-order valence-corrected chi connectivity index (χ0v) is 14.8. The van der Waals surface area contributed by atoms with Gasteiger partial charge in [0.05, 0.1) is 12.4 Å². The van der Waals surface area contributed by atoms with E-state index >= 15 is 0 Å². The minimum atomic E-state index is -3.30. The summed E-state index contributed by atoms with van der Waals surface area (Å²) in [5.74, 6) is -0.0918. The van der Waals surface area contributed by atoms with Crippen molar-refractivity contribution in [1.82, 2.24) is 9.21 Å². The average Bonchev–Trinajstić information content (AvgIpc) is 2.53. The van der Waals surface area contributed by atoms with Crippen molar-refractivity contribution in [2.24, 2.45) is 0 Å². The first-order valence-corrected chi connectivity index (χ1v) is 9.36. The van der Waals surface area contributed by atoms with Crippen molar-refractivity contribution >= 4 is 31.9 Å². The van der Waals surface area contributed by atoms with Crippen molar-refractivity contribution in [3.8, 4) is 0 Å². The van der Waals surface area contributed by atoms with E-state index in [1.54, 1.807) is 17.0 Å². The number of piperazine rings is 1. The van der Waals surface area contributed by atoms with Crippen molar-refractivity contribution in [3.05, 3.63) is 34.3 Å². The van der Waals surface area contributed by atoms with Gasteiger partial charge in [-0.2, -0.15) is 4.31 Å². The van der Waals surface area contributed by atoms with Crippen LogP contribution in [0.1, 0.15) is 10.4 Å². The summed E-state index contributed by atoms with van der Waals surface area (Å²) >= 11 is 3.33. The summed E-state index contributed by atoms with van der Waals surface area (Å²) in [6.45, 7) is 1.64. The second kappa shape index (κ2) is 7.54. The predicted octanol–water partition coefficient (Wildman–Crippen LogP) is 1.18. The Kier molecular flexibility index (Phi) is 5.96. The first-order chi connectivity index (χ1) is 10.4. The molecule has 0 saturated carbocycles. The lowest BCUT2D eigenvalue weighted by molar-refractivity contribution is 0.0697. The van der Waals surface area contributed by atoms with Crippen LogP contribution in [0, 0.1) is 0 Å². The van der Waals surface area contributed by atoms with E-state index in [2.05, 4.69) is 15.9 Å². The highest BCUT2D eigenvalue weighted by molar-refractivity contribution is 9.10. The smallest absolute Gasteiger partial charge is 0.253 e. The van der Waals surface area contributed by atoms with Gasteiger partial charge in [0.2, 0.25) is 10.0 Å². The maximum Gasteiger partial charge on any atom is 0.253 e. The third-order valence-electron chi connectivity index (χ3n) is 3.56. The topological polar surface area (TPSA) is 66.9 Å². The summed E-state index contributed by atoms with van der Waals surface area (Å²) in [4.78, 5) is 14.0. The zero-order chi connectivity index (χ0) is 16.2. The monoisotopic (exact) mass is 390 g/mol. The Labute approximate surface area is 139 Å². The molecule has 0 bridgehead atoms. The number of amides is 1. The molecule has 0 aromatic heterocycles. The van der Waals surface area contributed by atoms with Gasteiger partial charge in [0.25, 0.3) is 5.91 Å². The van der Waals surface area contributed by atoms with Gasteiger partial charge < -0.3 is 9.64 Å². The summed E-state index contributed by atoms with van der Waals surface area (Å²) < 4.78 is 31.3. The van der Waals surface area contributed by atoms with Crippen LogP contribution in [-0.2, 0) is 14.8 Å². The summed E-state index contributed by atoms with van der Waals surface area (Å²) in [6, 6.07) is 7.15. The highest BCUT2D eigenvalue weighted by atomic mass is 79.9. The quantitative estimate of drug-likeness (QED) is 0.756. The molecule has 1 amide bonds. The van der Waals surface area contributed by atoms with Crippen molar-refractivity contribution in [2.45, 2.75) is 0 Å². The molecule has 22 heavy (non-hydrogen) atoms. The largest absolute Gasteiger partial charge is 0.384 e. The molecule has 0 atom stereocenters. The van der Waals surface area contributed by atoms with Crippen LogP contribution < -0.4 is 0 Å². The van der Waals surface area contributed by atoms with Gasteiger partial charge >= 0.3 is 0 Å². The van der Waals surface area contributed by atoms with E-state index in [1.165, 1.54) is 11.4 Å². The van der Waals surface area contributed by atoms with Gasteiger partial charge in [0.1, 0.15) is 0 Å². The molecule has 6 nitrogen and oxygen atoms in total. The zero-order valence-electron chi connectivity index (χ0n) is 12.4. The maximum atomic E-state index is 12.4. The number of methoxy groups -OCH3 is 1. The molecule has 1 aromatic rings. The normalized spacial score (nSPS) is 16.7. The van der Waals surface area contributed by atoms with Crippen LogP contribution in [0.5, 0.6) is 0 Å². The number of carbonyl (C=O) groups is 1. The fraction of sp³-hybridized carbons (Fsp3) is 0.500. The minimum Gasteiger partial charge on any atom is -0.384 e. The van der Waals surface area contributed by atoms with E-state index in [4.69, 9.17) is 4.74 Å². The Bertz CT molecular complexity index is 610. The lowest BCUT2D eigenvalue weighted by atomic mass is 10.2. The Morgan fingerprint density at radius 1 is 1.18 bits per heavy atom. The molecular formula is C14H19BrN2O4S. The molecule has 1 heterocycles. The number of sulfonamides is 1. The minimum absolute atomic E-state index is 0.0237. The van der Waals surface area contributed by atoms with E-state index in [-0.39, 0.29) is 18.3 Å². The number of rotatable bonds is 5. The third kappa shape index (κ3) is 4.28. The van der Waals surface area contributed by atoms with Gasteiger partial charge in [0.15, 0.2) is 0 Å². The molecule has 0 aliphatic carbocycles. The number of nitrogens with zero attached hydrogens (tertiary/aromatic N) is 2. The first-order valence-electron chi connectivity index (χ1n) is 6.95. The van der Waals surface area contributed by atoms with Gasteiger partial charge in [-0.1, -0.05) is 15.9 Å². The molecule has 0 radical (unpaired) electrons. The van der Waals surface area contributed by atoms with Crippen LogP contribution in [0.4, 0.5) is 0 Å². The first kappa shape index (κ1) is 17.4. The van der Waals surface area contributed by atoms with Crippen molar-refractivity contribution in [3.63, 3.8) is 0 Å². The number of ether oxygens (including phenoxy) is 1. The molecule has 0 N–H and O–H groups in total. The summed E-state index contributed by atoms with van der Waals surface area (Å²) in [5.41, 5.74) is 0.610. The van der Waals surface area contributed by atoms with Crippen molar-refractivity contribution in [2.75, 3.05) is 45.6 Å². The third-order valence-corrected chi connectivity index (χ3v) is 5.92. The Morgan fingerprint density at radius 2 is 1.77 bits per heavy atom. The van der Waals surface area contributed by atoms with Gasteiger partial charge in [-0.05, 0) is 24.3 Å². The Balaban J connectivity index is 1.94. The standard InChI is InChI=1S/C14H19BrN2O4S/c1-21-10-11-22(19,20)17-8-6-16(7-9-17)14(18)12-2-4-13(15)5-3-12/h2-5H,6-11H2,1H3. The van der Waals surface area contributed by atoms with Crippen LogP contribution in [0.25, 0.3) is 0 Å². The molecule has 1 aliphatic heterocycles. The molecule has 122 valence electrons. The number of halogens is 1. The summed E-state index contributed by atoms with van der Waals surface area (Å²) in [5, 5.41) is 0. The van der Waals surface area contributed by atoms with Gasteiger partial charge in [0, 0.05) is 43.3 Å². The van der Waals surface area contributed by atoms with E-state index in [0.717, 1.165) is 4.47 Å². The van der Waals surface area contributed by atoms with Crippen LogP contribution in [-0.4, -0.2) is 69.2 Å². The van der Waals surface area contributed by atoms with Crippen LogP contribution in [0.15, 0.2) is 28.7 Å². The number of carbonyl (C=O) groups excluding carboxylic acids is 1. The Hall–Kier alpha value is -0.960. The number of hydrogen-bond acceptors (Lipinski definition) is 4. The van der Waals surface area contributed by atoms with E-state index in [9.17, 15) is 13.2 Å². The van der Waals surface area contributed by atoms with Crippen LogP contribution >= 0.6 is 15.9 Å². The molecule has 0 spiro atoms. The van der Waals surface area contributed by atoms with E-state index in [1.807, 2.05) is 12.1 Å². The maximum absolute atomic E-state index is 12.4. The summed E-state index contributed by atoms with van der Waals surface area (Å²) in [6.07, 6.45) is 0. The van der Waals surface area contributed by atoms with Crippen LogP contribution in [0.2, 0.25) is 0 Å². The second-order valence-electron chi connectivity index (χ2n) is 5.01. The molecule has 8 heteroatoms. The Morgan fingerprint density at radius 3 is 2.32 bits per heavy atom. The number of hydrogen-bond donors (Lipinski definition) is 0. The molecule has 1 fully saturated rings. The molecule has 1 aliphatic rings. The SMILES string of the molecule is COCCS(=O)(=O)N1CCN(C(=O)c2ccc(Br)cc2)CC1. The van der Waals surface area contributed by atoms with Crippen LogP contribution in [0.3, 0.4) is 0 Å². The van der Waals surface area contributed by atoms with Gasteiger partial charge in [-0.15, -0.1) is 0 Å². The number of benzene rings is 1. The second-order valence-corrected chi connectivity index (χ2v) is 8.01. The highest BCUT2D eigenvalue weighted by Crippen LogP contribution is 2.15. The molecule has 1 saturated heterocycles. The average molecular weight is 391 g/mol. The van der Waals surface area contributed by atoms with Gasteiger partial charge in [-0.3, -0.25) is 4.79 Å². The lowest BCUT2D eigenvalue weighted by Crippen LogP contribution is -2.51. The van der Waals surface area contributed by atoms with Gasteiger partial charge in [-0.25, -0.2) is 8.42 Å². The fourth-order valence-electron chi connectivity index (χ4n) is 2.26. The molecular weight excluding hydrogens is 372 g/mol. The molecule has 1 aromatic carbocycles. The summed E-state index contributed by atoms with van der Waals surface area (Å²) in [7, 11) is -1.82.